The maximum absolute atomic E-state index is 12.2. The van der Waals surface area contributed by atoms with Crippen LogP contribution in [0.4, 0.5) is 0 Å². The largest absolute Gasteiger partial charge is 0.414 e. The van der Waals surface area contributed by atoms with Crippen molar-refractivity contribution in [3.05, 3.63) is 12.2 Å². The molecule has 0 amide bonds. The lowest BCUT2D eigenvalue weighted by Gasteiger charge is -2.50. The minimum atomic E-state index is -1.76. The highest BCUT2D eigenvalue weighted by Gasteiger charge is 2.61. The van der Waals surface area contributed by atoms with E-state index >= 15 is 0 Å². The van der Waals surface area contributed by atoms with Crippen molar-refractivity contribution in [1.29, 1.82) is 0 Å². The highest BCUT2D eigenvalue weighted by molar-refractivity contribution is 6.74. The van der Waals surface area contributed by atoms with Gasteiger partial charge in [0.15, 0.2) is 14.6 Å². The van der Waals surface area contributed by atoms with Crippen LogP contribution >= 0.6 is 0 Å². The molecule has 0 radical (unpaired) electrons. The Balaban J connectivity index is 1.39. The van der Waals surface area contributed by atoms with E-state index in [1.54, 1.807) is 0 Å². The average molecular weight is 587 g/mol. The molecule has 4 saturated carbocycles. The number of allylic oxidation sites excluding steroid dienone is 1. The van der Waals surface area contributed by atoms with Crippen LogP contribution in [0.2, 0.25) is 18.1 Å². The van der Waals surface area contributed by atoms with Gasteiger partial charge in [0.2, 0.25) is 0 Å². The van der Waals surface area contributed by atoms with Gasteiger partial charge in [-0.15, -0.1) is 0 Å². The molecule has 0 spiro atoms. The van der Waals surface area contributed by atoms with Crippen LogP contribution < -0.4 is 0 Å². The predicted molar refractivity (Wildman–Crippen MR) is 172 cm³/mol. The van der Waals surface area contributed by atoms with Gasteiger partial charge in [-0.3, -0.25) is 0 Å². The van der Waals surface area contributed by atoms with Crippen molar-refractivity contribution in [1.82, 2.24) is 0 Å². The predicted octanol–water partition coefficient (Wildman–Crippen LogP) is 8.89. The summed E-state index contributed by atoms with van der Waals surface area (Å²) in [5.74, 6) is 9.01. The standard InChI is InChI=1S/C36H62O4Si/c1-12-38-27(3)39-33(7,8)18-13-15-26(2)30-16-17-31-34(30,9)19-14-20-36(31,37)22-21-35-24-28(35)23-29(25-35)40-41(10,11)32(4,5)6/h21-22,26-31,37H,12,14-17,19-20,23-25H2,1-11H3/b22-21+/t26-,27?,28-,29+,30-,31+,34-,35-,36+/m1/s1. The Morgan fingerprint density at radius 3 is 2.41 bits per heavy atom. The molecule has 0 aromatic heterocycles. The summed E-state index contributed by atoms with van der Waals surface area (Å²) in [5, 5.41) is 12.4. The minimum Gasteiger partial charge on any atom is -0.414 e. The first-order valence-corrected chi connectivity index (χ1v) is 19.7. The maximum atomic E-state index is 12.2. The maximum Gasteiger partial charge on any atom is 0.192 e. The topological polar surface area (TPSA) is 47.9 Å². The summed E-state index contributed by atoms with van der Waals surface area (Å²) >= 11 is 0. The molecule has 0 saturated heterocycles. The van der Waals surface area contributed by atoms with Crippen LogP contribution in [0.15, 0.2) is 12.2 Å². The molecule has 0 aliphatic heterocycles. The summed E-state index contributed by atoms with van der Waals surface area (Å²) in [6.45, 7) is 25.2. The van der Waals surface area contributed by atoms with Crippen LogP contribution in [0.1, 0.15) is 120 Å². The third kappa shape index (κ3) is 7.04. The van der Waals surface area contributed by atoms with E-state index in [1.807, 2.05) is 27.7 Å². The van der Waals surface area contributed by atoms with Gasteiger partial charge >= 0.3 is 0 Å². The molecule has 0 heterocycles. The molecule has 5 heteroatoms. The summed E-state index contributed by atoms with van der Waals surface area (Å²) in [5.41, 5.74) is -0.774. The first-order chi connectivity index (χ1) is 18.9. The molecule has 0 aromatic rings. The second-order valence-electron chi connectivity index (χ2n) is 16.6. The Morgan fingerprint density at radius 2 is 1.76 bits per heavy atom. The van der Waals surface area contributed by atoms with Crippen molar-refractivity contribution < 1.29 is 19.0 Å². The SMILES string of the molecule is CCOC(C)OC(C)(C)C#CC[C@@H](C)[C@H]1CC[C@H]2[C@]1(C)CCC[C@]2(O)/C=C/[C@@]12C[C@@H](O[Si](C)(C)C(C)(C)C)C[C@@H]1C2. The van der Waals surface area contributed by atoms with Crippen LogP contribution in [0, 0.1) is 46.3 Å². The number of fused-ring (bicyclic) bond motifs is 2. The van der Waals surface area contributed by atoms with E-state index in [1.165, 1.54) is 25.7 Å². The summed E-state index contributed by atoms with van der Waals surface area (Å²) < 4.78 is 18.4. The van der Waals surface area contributed by atoms with Crippen LogP contribution in [0.25, 0.3) is 0 Å². The lowest BCUT2D eigenvalue weighted by atomic mass is 9.57. The number of aliphatic hydroxyl groups is 1. The van der Waals surface area contributed by atoms with Crippen LogP contribution in [0.5, 0.6) is 0 Å². The van der Waals surface area contributed by atoms with Gasteiger partial charge in [0.05, 0.1) is 5.60 Å². The second-order valence-corrected chi connectivity index (χ2v) is 21.4. The van der Waals surface area contributed by atoms with E-state index in [2.05, 4.69) is 71.7 Å². The molecular formula is C36H62O4Si. The number of rotatable bonds is 10. The molecule has 4 aliphatic carbocycles. The lowest BCUT2D eigenvalue weighted by Crippen LogP contribution is -2.49. The molecule has 234 valence electrons. The molecule has 4 fully saturated rings. The molecule has 4 rings (SSSR count). The Kier molecular flexibility index (Phi) is 9.49. The first-order valence-electron chi connectivity index (χ1n) is 16.8. The minimum absolute atomic E-state index is 0.165. The van der Waals surface area contributed by atoms with Gasteiger partial charge in [-0.1, -0.05) is 58.6 Å². The zero-order valence-electron chi connectivity index (χ0n) is 28.4. The van der Waals surface area contributed by atoms with Crippen molar-refractivity contribution in [3.8, 4) is 11.8 Å². The molecule has 9 atom stereocenters. The summed E-state index contributed by atoms with van der Waals surface area (Å²) in [7, 11) is -1.76. The lowest BCUT2D eigenvalue weighted by molar-refractivity contribution is -0.169. The van der Waals surface area contributed by atoms with Crippen LogP contribution in [-0.4, -0.2) is 43.6 Å². The first kappa shape index (κ1) is 33.3. The van der Waals surface area contributed by atoms with Crippen molar-refractivity contribution in [2.75, 3.05) is 6.61 Å². The molecule has 0 bridgehead atoms. The van der Waals surface area contributed by atoms with Gasteiger partial charge in [-0.25, -0.2) is 0 Å². The fourth-order valence-electron chi connectivity index (χ4n) is 8.84. The van der Waals surface area contributed by atoms with Crippen LogP contribution in [0.3, 0.4) is 0 Å². The molecule has 1 unspecified atom stereocenters. The third-order valence-electron chi connectivity index (χ3n) is 12.1. The highest BCUT2D eigenvalue weighted by atomic mass is 28.4. The van der Waals surface area contributed by atoms with Gasteiger partial charge in [-0.2, -0.15) is 0 Å². The average Bonchev–Trinajstić information content (AvgIpc) is 3.18. The third-order valence-corrected chi connectivity index (χ3v) is 16.6. The Morgan fingerprint density at radius 1 is 1.05 bits per heavy atom. The summed E-state index contributed by atoms with van der Waals surface area (Å²) in [6.07, 6.45) is 14.9. The van der Waals surface area contributed by atoms with Gasteiger partial charge < -0.3 is 19.0 Å². The summed E-state index contributed by atoms with van der Waals surface area (Å²) in [6, 6.07) is 0. The van der Waals surface area contributed by atoms with Crippen molar-refractivity contribution in [2.24, 2.45) is 34.5 Å². The van der Waals surface area contributed by atoms with E-state index in [4.69, 9.17) is 13.9 Å². The van der Waals surface area contributed by atoms with E-state index in [9.17, 15) is 5.11 Å². The Hall–Kier alpha value is -0.643. The quantitative estimate of drug-likeness (QED) is 0.120. The van der Waals surface area contributed by atoms with Crippen molar-refractivity contribution >= 4 is 8.32 Å². The van der Waals surface area contributed by atoms with Crippen molar-refractivity contribution in [3.63, 3.8) is 0 Å². The monoisotopic (exact) mass is 586 g/mol. The zero-order chi connectivity index (χ0) is 30.5. The molecule has 4 aliphatic rings. The number of ether oxygens (including phenoxy) is 2. The normalized spacial score (nSPS) is 38.7. The van der Waals surface area contributed by atoms with Crippen molar-refractivity contribution in [2.45, 2.75) is 162 Å². The molecule has 41 heavy (non-hydrogen) atoms. The fraction of sp³-hybridized carbons (Fsp3) is 0.889. The fourth-order valence-corrected chi connectivity index (χ4v) is 10.2. The van der Waals surface area contributed by atoms with E-state index in [0.29, 0.717) is 30.5 Å². The van der Waals surface area contributed by atoms with Gasteiger partial charge in [0.25, 0.3) is 0 Å². The van der Waals surface area contributed by atoms with Gasteiger partial charge in [0, 0.05) is 19.1 Å². The number of hydrogen-bond acceptors (Lipinski definition) is 4. The molecule has 0 aromatic carbocycles. The smallest absolute Gasteiger partial charge is 0.192 e. The zero-order valence-corrected chi connectivity index (χ0v) is 29.4. The molecule has 4 nitrogen and oxygen atoms in total. The molecule has 1 N–H and O–H groups in total. The summed E-state index contributed by atoms with van der Waals surface area (Å²) in [4.78, 5) is 0. The Bertz CT molecular complexity index is 1020. The second kappa shape index (κ2) is 11.7. The van der Waals surface area contributed by atoms with Crippen LogP contribution in [-0.2, 0) is 13.9 Å². The van der Waals surface area contributed by atoms with E-state index in [0.717, 1.165) is 38.0 Å². The highest BCUT2D eigenvalue weighted by Crippen LogP contribution is 2.67. The van der Waals surface area contributed by atoms with Gasteiger partial charge in [0.1, 0.15) is 5.60 Å². The van der Waals surface area contributed by atoms with Gasteiger partial charge in [-0.05, 0) is 132 Å². The Labute approximate surface area is 253 Å². The number of hydrogen-bond donors (Lipinski definition) is 1. The van der Waals surface area contributed by atoms with E-state index in [-0.39, 0.29) is 22.2 Å². The molecular weight excluding hydrogens is 524 g/mol. The van der Waals surface area contributed by atoms with E-state index < -0.39 is 19.5 Å².